The number of hydrogen-bond donors (Lipinski definition) is 1. The number of benzene rings is 2. The molecule has 0 bridgehead atoms. The zero-order chi connectivity index (χ0) is 13.9. The van der Waals surface area contributed by atoms with Crippen molar-refractivity contribution >= 4 is 17.3 Å². The van der Waals surface area contributed by atoms with Crippen LogP contribution >= 0.6 is 11.6 Å². The highest BCUT2D eigenvalue weighted by atomic mass is 35.5. The molecule has 2 nitrogen and oxygen atoms in total. The molecule has 1 aliphatic carbocycles. The number of anilines is 1. The van der Waals surface area contributed by atoms with Crippen LogP contribution in [0.4, 0.5) is 5.69 Å². The quantitative estimate of drug-likeness (QED) is 0.879. The lowest BCUT2D eigenvalue weighted by Crippen LogP contribution is -2.34. The van der Waals surface area contributed by atoms with Gasteiger partial charge >= 0.3 is 0 Å². The normalized spacial score (nSPS) is 21.1. The third-order valence-electron chi connectivity index (χ3n) is 3.94. The summed E-state index contributed by atoms with van der Waals surface area (Å²) in [5.74, 6) is 1.47. The first-order valence-electron chi connectivity index (χ1n) is 6.91. The van der Waals surface area contributed by atoms with E-state index in [0.717, 1.165) is 29.3 Å². The third-order valence-corrected chi connectivity index (χ3v) is 4.29. The smallest absolute Gasteiger partial charge is 0.119 e. The molecule has 1 saturated carbocycles. The molecule has 0 radical (unpaired) electrons. The molecule has 3 heteroatoms. The van der Waals surface area contributed by atoms with Gasteiger partial charge in [-0.15, -0.1) is 0 Å². The molecule has 0 atom stereocenters. The summed E-state index contributed by atoms with van der Waals surface area (Å²) in [7, 11) is 1.68. The number of ether oxygens (including phenoxy) is 1. The molecule has 3 rings (SSSR count). The van der Waals surface area contributed by atoms with Crippen molar-refractivity contribution in [1.29, 1.82) is 0 Å². The van der Waals surface area contributed by atoms with Crippen LogP contribution in [0.5, 0.6) is 5.75 Å². The lowest BCUT2D eigenvalue weighted by Gasteiger charge is -2.37. The minimum absolute atomic E-state index is 0.532. The van der Waals surface area contributed by atoms with Gasteiger partial charge in [0.05, 0.1) is 7.11 Å². The van der Waals surface area contributed by atoms with Crippen molar-refractivity contribution in [3.63, 3.8) is 0 Å². The highest BCUT2D eigenvalue weighted by Gasteiger charge is 2.31. The Morgan fingerprint density at radius 2 is 1.75 bits per heavy atom. The van der Waals surface area contributed by atoms with Gasteiger partial charge in [-0.05, 0) is 54.7 Å². The van der Waals surface area contributed by atoms with Crippen LogP contribution in [0.3, 0.4) is 0 Å². The Morgan fingerprint density at radius 1 is 1.05 bits per heavy atom. The van der Waals surface area contributed by atoms with Gasteiger partial charge in [-0.1, -0.05) is 29.8 Å². The molecule has 20 heavy (non-hydrogen) atoms. The molecular formula is C17H18ClNO. The number of halogens is 1. The highest BCUT2D eigenvalue weighted by molar-refractivity contribution is 6.31. The Kier molecular flexibility index (Phi) is 3.83. The maximum Gasteiger partial charge on any atom is 0.119 e. The predicted molar refractivity (Wildman–Crippen MR) is 83.8 cm³/mol. The van der Waals surface area contributed by atoms with Crippen LogP contribution in [0.1, 0.15) is 24.3 Å². The third kappa shape index (κ3) is 2.75. The standard InChI is InChI=1S/C17H18ClNO/c1-20-15-8-6-13(7-9-15)19-14-10-12(11-14)16-4-2-3-5-17(16)18/h2-9,12,14,19H,10-11H2,1H3. The van der Waals surface area contributed by atoms with E-state index < -0.39 is 0 Å². The van der Waals surface area contributed by atoms with Crippen molar-refractivity contribution in [3.05, 3.63) is 59.1 Å². The van der Waals surface area contributed by atoms with Gasteiger partial charge in [-0.3, -0.25) is 0 Å². The molecule has 1 fully saturated rings. The zero-order valence-electron chi connectivity index (χ0n) is 11.5. The second kappa shape index (κ2) is 5.76. The molecular weight excluding hydrogens is 270 g/mol. The Bertz CT molecular complexity index is 576. The van der Waals surface area contributed by atoms with Gasteiger partial charge in [0.1, 0.15) is 5.75 Å². The van der Waals surface area contributed by atoms with Crippen molar-refractivity contribution in [2.45, 2.75) is 24.8 Å². The van der Waals surface area contributed by atoms with Gasteiger partial charge in [0.15, 0.2) is 0 Å². The first kappa shape index (κ1) is 13.3. The number of nitrogens with one attached hydrogen (secondary N) is 1. The summed E-state index contributed by atoms with van der Waals surface area (Å²) < 4.78 is 5.16. The summed E-state index contributed by atoms with van der Waals surface area (Å²) in [4.78, 5) is 0. The van der Waals surface area contributed by atoms with E-state index in [9.17, 15) is 0 Å². The minimum atomic E-state index is 0.532. The fourth-order valence-electron chi connectivity index (χ4n) is 2.72. The number of rotatable bonds is 4. The van der Waals surface area contributed by atoms with E-state index in [1.54, 1.807) is 7.11 Å². The average molecular weight is 288 g/mol. The highest BCUT2D eigenvalue weighted by Crippen LogP contribution is 2.41. The maximum absolute atomic E-state index is 6.24. The van der Waals surface area contributed by atoms with Crippen LogP contribution in [-0.2, 0) is 0 Å². The lowest BCUT2D eigenvalue weighted by molar-refractivity contribution is 0.374. The van der Waals surface area contributed by atoms with E-state index in [2.05, 4.69) is 29.6 Å². The molecule has 0 aliphatic heterocycles. The summed E-state index contributed by atoms with van der Waals surface area (Å²) >= 11 is 6.24. The van der Waals surface area contributed by atoms with Crippen molar-refractivity contribution in [3.8, 4) is 5.75 Å². The van der Waals surface area contributed by atoms with Crippen molar-refractivity contribution in [2.75, 3.05) is 12.4 Å². The van der Waals surface area contributed by atoms with Gasteiger partial charge in [0.2, 0.25) is 0 Å². The molecule has 0 amide bonds. The van der Waals surface area contributed by atoms with E-state index in [0.29, 0.717) is 12.0 Å². The maximum atomic E-state index is 6.24. The van der Waals surface area contributed by atoms with Gasteiger partial charge in [0.25, 0.3) is 0 Å². The Balaban J connectivity index is 1.56. The van der Waals surface area contributed by atoms with Crippen molar-refractivity contribution in [2.24, 2.45) is 0 Å². The Morgan fingerprint density at radius 3 is 2.40 bits per heavy atom. The summed E-state index contributed by atoms with van der Waals surface area (Å²) in [6.07, 6.45) is 2.27. The van der Waals surface area contributed by atoms with E-state index in [4.69, 9.17) is 16.3 Å². The van der Waals surface area contributed by atoms with Crippen LogP contribution in [0.2, 0.25) is 5.02 Å². The molecule has 0 spiro atoms. The van der Waals surface area contributed by atoms with Crippen LogP contribution in [0, 0.1) is 0 Å². The molecule has 0 saturated heterocycles. The molecule has 1 aliphatic rings. The van der Waals surface area contributed by atoms with E-state index in [-0.39, 0.29) is 0 Å². The second-order valence-electron chi connectivity index (χ2n) is 5.26. The number of methoxy groups -OCH3 is 1. The zero-order valence-corrected chi connectivity index (χ0v) is 12.2. The second-order valence-corrected chi connectivity index (χ2v) is 5.67. The summed E-state index contributed by atoms with van der Waals surface area (Å²) in [6, 6.07) is 16.8. The molecule has 104 valence electrons. The first-order valence-corrected chi connectivity index (χ1v) is 7.29. The molecule has 2 aromatic carbocycles. The summed E-state index contributed by atoms with van der Waals surface area (Å²) in [6.45, 7) is 0. The monoisotopic (exact) mass is 287 g/mol. The van der Waals surface area contributed by atoms with Crippen molar-refractivity contribution < 1.29 is 4.74 Å². The van der Waals surface area contributed by atoms with Crippen LogP contribution in [0.25, 0.3) is 0 Å². The van der Waals surface area contributed by atoms with Gasteiger partial charge < -0.3 is 10.1 Å². The average Bonchev–Trinajstić information content (AvgIpc) is 2.44. The SMILES string of the molecule is COc1ccc(NC2CC(c3ccccc3Cl)C2)cc1. The molecule has 0 heterocycles. The molecule has 0 unspecified atom stereocenters. The van der Waals surface area contributed by atoms with Crippen LogP contribution in [0.15, 0.2) is 48.5 Å². The van der Waals surface area contributed by atoms with E-state index in [1.165, 1.54) is 5.56 Å². The van der Waals surface area contributed by atoms with E-state index >= 15 is 0 Å². The van der Waals surface area contributed by atoms with Gasteiger partial charge in [-0.25, -0.2) is 0 Å². The predicted octanol–water partition coefficient (Wildman–Crippen LogP) is 4.71. The van der Waals surface area contributed by atoms with Crippen LogP contribution < -0.4 is 10.1 Å². The summed E-state index contributed by atoms with van der Waals surface area (Å²) in [5, 5.41) is 4.44. The first-order chi connectivity index (χ1) is 9.76. The fourth-order valence-corrected chi connectivity index (χ4v) is 3.01. The van der Waals surface area contributed by atoms with Gasteiger partial charge in [-0.2, -0.15) is 0 Å². The van der Waals surface area contributed by atoms with Gasteiger partial charge in [0, 0.05) is 16.8 Å². The molecule has 2 aromatic rings. The van der Waals surface area contributed by atoms with Crippen molar-refractivity contribution in [1.82, 2.24) is 0 Å². The topological polar surface area (TPSA) is 21.3 Å². The fraction of sp³-hybridized carbons (Fsp3) is 0.294. The Labute approximate surface area is 124 Å². The Hall–Kier alpha value is -1.67. The minimum Gasteiger partial charge on any atom is -0.497 e. The number of hydrogen-bond acceptors (Lipinski definition) is 2. The summed E-state index contributed by atoms with van der Waals surface area (Å²) in [5.41, 5.74) is 2.43. The molecule has 1 N–H and O–H groups in total. The van der Waals surface area contributed by atoms with E-state index in [1.807, 2.05) is 24.3 Å². The van der Waals surface area contributed by atoms with Crippen LogP contribution in [-0.4, -0.2) is 13.2 Å². The molecule has 0 aromatic heterocycles. The largest absolute Gasteiger partial charge is 0.497 e. The lowest BCUT2D eigenvalue weighted by atomic mass is 9.76.